The number of hydrogen-bond acceptors (Lipinski definition) is 3. The van der Waals surface area contributed by atoms with Gasteiger partial charge >= 0.3 is 0 Å². The molecule has 0 bridgehead atoms. The molecule has 0 N–H and O–H groups in total. The lowest BCUT2D eigenvalue weighted by atomic mass is 10.1. The van der Waals surface area contributed by atoms with Crippen LogP contribution in [0.15, 0.2) is 0 Å². The first-order valence-electron chi connectivity index (χ1n) is 5.25. The van der Waals surface area contributed by atoms with Gasteiger partial charge in [0.2, 0.25) is 0 Å². The predicted octanol–water partition coefficient (Wildman–Crippen LogP) is 1.36. The van der Waals surface area contributed by atoms with Crippen LogP contribution in [0, 0.1) is 0 Å². The van der Waals surface area contributed by atoms with Crippen molar-refractivity contribution >= 4 is 0 Å². The number of ether oxygens (including phenoxy) is 3. The van der Waals surface area contributed by atoms with Gasteiger partial charge < -0.3 is 14.2 Å². The Morgan fingerprint density at radius 3 is 2.69 bits per heavy atom. The standard InChI is InChI=1S/C10H18O3/c1-2-3-4-9(10-7-13-10)12-6-8-5-11-8/h8-10H,2-7H2,1H3. The molecule has 0 spiro atoms. The van der Waals surface area contributed by atoms with E-state index in [-0.39, 0.29) is 0 Å². The second-order valence-electron chi connectivity index (χ2n) is 3.84. The minimum absolute atomic E-state index is 0.323. The number of rotatable bonds is 7. The Morgan fingerprint density at radius 2 is 2.15 bits per heavy atom. The smallest absolute Gasteiger partial charge is 0.107 e. The Labute approximate surface area is 79.4 Å². The molecule has 0 aromatic heterocycles. The highest BCUT2D eigenvalue weighted by Crippen LogP contribution is 2.23. The van der Waals surface area contributed by atoms with Crippen molar-refractivity contribution in [3.63, 3.8) is 0 Å². The second kappa shape index (κ2) is 4.40. The molecule has 76 valence electrons. The van der Waals surface area contributed by atoms with Crippen molar-refractivity contribution < 1.29 is 14.2 Å². The molecule has 2 heterocycles. The lowest BCUT2D eigenvalue weighted by Crippen LogP contribution is -2.22. The summed E-state index contributed by atoms with van der Waals surface area (Å²) >= 11 is 0. The van der Waals surface area contributed by atoms with Crippen LogP contribution in [-0.4, -0.2) is 38.1 Å². The van der Waals surface area contributed by atoms with Gasteiger partial charge in [0.1, 0.15) is 12.2 Å². The molecule has 13 heavy (non-hydrogen) atoms. The third-order valence-corrected chi connectivity index (χ3v) is 2.51. The minimum atomic E-state index is 0.323. The maximum absolute atomic E-state index is 5.74. The van der Waals surface area contributed by atoms with E-state index in [1.54, 1.807) is 0 Å². The minimum Gasteiger partial charge on any atom is -0.373 e. The molecule has 2 aliphatic rings. The Kier molecular flexibility index (Phi) is 3.19. The van der Waals surface area contributed by atoms with Crippen LogP contribution in [-0.2, 0) is 14.2 Å². The summed E-state index contributed by atoms with van der Waals surface area (Å²) in [4.78, 5) is 0. The molecule has 0 amide bonds. The van der Waals surface area contributed by atoms with Crippen molar-refractivity contribution in [2.45, 2.75) is 44.5 Å². The van der Waals surface area contributed by atoms with Gasteiger partial charge in [-0.05, 0) is 6.42 Å². The predicted molar refractivity (Wildman–Crippen MR) is 48.7 cm³/mol. The van der Waals surface area contributed by atoms with Gasteiger partial charge in [0.15, 0.2) is 0 Å². The van der Waals surface area contributed by atoms with E-state index >= 15 is 0 Å². The van der Waals surface area contributed by atoms with Crippen LogP contribution >= 0.6 is 0 Å². The summed E-state index contributed by atoms with van der Waals surface area (Å²) in [6.45, 7) is 4.73. The summed E-state index contributed by atoms with van der Waals surface area (Å²) in [5, 5.41) is 0. The van der Waals surface area contributed by atoms with Crippen LogP contribution in [0.4, 0.5) is 0 Å². The third kappa shape index (κ3) is 3.25. The maximum Gasteiger partial charge on any atom is 0.107 e. The molecule has 2 fully saturated rings. The van der Waals surface area contributed by atoms with Gasteiger partial charge in [-0.25, -0.2) is 0 Å². The van der Waals surface area contributed by atoms with Crippen LogP contribution in [0.25, 0.3) is 0 Å². The fourth-order valence-electron chi connectivity index (χ4n) is 1.45. The van der Waals surface area contributed by atoms with Gasteiger partial charge in [-0.1, -0.05) is 19.8 Å². The molecule has 0 aromatic rings. The van der Waals surface area contributed by atoms with Crippen molar-refractivity contribution in [1.82, 2.24) is 0 Å². The monoisotopic (exact) mass is 186 g/mol. The zero-order valence-electron chi connectivity index (χ0n) is 8.20. The largest absolute Gasteiger partial charge is 0.373 e. The Morgan fingerprint density at radius 1 is 1.38 bits per heavy atom. The van der Waals surface area contributed by atoms with Gasteiger partial charge in [0, 0.05) is 0 Å². The molecule has 2 aliphatic heterocycles. The first-order chi connectivity index (χ1) is 6.40. The summed E-state index contributed by atoms with van der Waals surface area (Å²) < 4.78 is 16.1. The summed E-state index contributed by atoms with van der Waals surface area (Å²) in [6.07, 6.45) is 4.67. The van der Waals surface area contributed by atoms with Gasteiger partial charge in [0.25, 0.3) is 0 Å². The van der Waals surface area contributed by atoms with E-state index in [9.17, 15) is 0 Å². The molecule has 3 unspecified atom stereocenters. The Hall–Kier alpha value is -0.120. The van der Waals surface area contributed by atoms with E-state index in [0.717, 1.165) is 26.2 Å². The van der Waals surface area contributed by atoms with Crippen molar-refractivity contribution in [2.24, 2.45) is 0 Å². The Bertz CT molecular complexity index is 152. The quantitative estimate of drug-likeness (QED) is 0.563. The van der Waals surface area contributed by atoms with E-state index in [4.69, 9.17) is 14.2 Å². The van der Waals surface area contributed by atoms with Gasteiger partial charge in [-0.3, -0.25) is 0 Å². The van der Waals surface area contributed by atoms with Crippen molar-refractivity contribution in [3.05, 3.63) is 0 Å². The fourth-order valence-corrected chi connectivity index (χ4v) is 1.45. The average Bonchev–Trinajstić information content (AvgIpc) is 2.99. The molecule has 0 radical (unpaired) electrons. The topological polar surface area (TPSA) is 34.3 Å². The molecule has 2 saturated heterocycles. The van der Waals surface area contributed by atoms with Crippen LogP contribution in [0.1, 0.15) is 26.2 Å². The molecule has 2 rings (SSSR count). The summed E-state index contributed by atoms with van der Waals surface area (Å²) in [5.74, 6) is 0. The summed E-state index contributed by atoms with van der Waals surface area (Å²) in [6, 6.07) is 0. The lowest BCUT2D eigenvalue weighted by molar-refractivity contribution is 0.0182. The fraction of sp³-hybridized carbons (Fsp3) is 1.00. The van der Waals surface area contributed by atoms with Crippen LogP contribution in [0.2, 0.25) is 0 Å². The van der Waals surface area contributed by atoms with Gasteiger partial charge in [-0.15, -0.1) is 0 Å². The van der Waals surface area contributed by atoms with E-state index < -0.39 is 0 Å². The molecule has 3 atom stereocenters. The highest BCUT2D eigenvalue weighted by Gasteiger charge is 2.34. The van der Waals surface area contributed by atoms with Crippen LogP contribution < -0.4 is 0 Å². The SMILES string of the molecule is CCCCC(OCC1CO1)C1CO1. The highest BCUT2D eigenvalue weighted by atomic mass is 16.6. The number of hydrogen-bond donors (Lipinski definition) is 0. The number of unbranched alkanes of at least 4 members (excludes halogenated alkanes) is 1. The maximum atomic E-state index is 5.74. The van der Waals surface area contributed by atoms with E-state index in [1.165, 1.54) is 12.8 Å². The van der Waals surface area contributed by atoms with E-state index in [2.05, 4.69) is 6.92 Å². The lowest BCUT2D eigenvalue weighted by Gasteiger charge is -2.14. The normalized spacial score (nSPS) is 33.0. The first-order valence-corrected chi connectivity index (χ1v) is 5.25. The molecule has 0 aliphatic carbocycles. The van der Waals surface area contributed by atoms with Gasteiger partial charge in [0.05, 0.1) is 25.9 Å². The van der Waals surface area contributed by atoms with Crippen molar-refractivity contribution in [2.75, 3.05) is 19.8 Å². The third-order valence-electron chi connectivity index (χ3n) is 2.51. The van der Waals surface area contributed by atoms with Crippen molar-refractivity contribution in [1.29, 1.82) is 0 Å². The average molecular weight is 186 g/mol. The first kappa shape index (κ1) is 9.44. The van der Waals surface area contributed by atoms with Crippen molar-refractivity contribution in [3.8, 4) is 0 Å². The summed E-state index contributed by atoms with van der Waals surface area (Å²) in [7, 11) is 0. The molecule has 3 heteroatoms. The molecule has 3 nitrogen and oxygen atoms in total. The Balaban J connectivity index is 1.62. The van der Waals surface area contributed by atoms with Crippen LogP contribution in [0.3, 0.4) is 0 Å². The highest BCUT2D eigenvalue weighted by molar-refractivity contribution is 4.81. The van der Waals surface area contributed by atoms with E-state index in [1.807, 2.05) is 0 Å². The zero-order valence-corrected chi connectivity index (χ0v) is 8.20. The second-order valence-corrected chi connectivity index (χ2v) is 3.84. The number of epoxide rings is 2. The summed E-state index contributed by atoms with van der Waals surface area (Å²) in [5.41, 5.74) is 0. The zero-order chi connectivity index (χ0) is 9.10. The van der Waals surface area contributed by atoms with Crippen LogP contribution in [0.5, 0.6) is 0 Å². The molecular weight excluding hydrogens is 168 g/mol. The molecule has 0 aromatic carbocycles. The van der Waals surface area contributed by atoms with E-state index in [0.29, 0.717) is 18.3 Å². The van der Waals surface area contributed by atoms with Gasteiger partial charge in [-0.2, -0.15) is 0 Å². The molecular formula is C10H18O3. The molecule has 0 saturated carbocycles.